The Morgan fingerprint density at radius 2 is 2.05 bits per heavy atom. The lowest BCUT2D eigenvalue weighted by Crippen LogP contribution is -2.59. The van der Waals surface area contributed by atoms with E-state index in [2.05, 4.69) is 32.1 Å². The van der Waals surface area contributed by atoms with Gasteiger partial charge in [-0.3, -0.25) is 4.90 Å². The molecule has 3 heterocycles. The molecule has 6 nitrogen and oxygen atoms in total. The largest absolute Gasteiger partial charge is 0.352 e. The van der Waals surface area contributed by atoms with Crippen molar-refractivity contribution in [2.45, 2.75) is 31.7 Å². The number of likely N-dealkylation sites (N-methyl/N-ethyl adjacent to an activating group) is 1. The highest BCUT2D eigenvalue weighted by molar-refractivity contribution is 5.47. The lowest BCUT2D eigenvalue weighted by molar-refractivity contribution is 0.177. The number of hydrogen-bond donors (Lipinski definition) is 0. The molecule has 4 rings (SSSR count). The Kier molecular flexibility index (Phi) is 3.25. The summed E-state index contributed by atoms with van der Waals surface area (Å²) in [6, 6.07) is 4.69. The summed E-state index contributed by atoms with van der Waals surface area (Å²) in [7, 11) is 2.27. The zero-order chi connectivity index (χ0) is 14.2. The van der Waals surface area contributed by atoms with Crippen LogP contribution in [0, 0.1) is 5.92 Å². The van der Waals surface area contributed by atoms with E-state index in [-0.39, 0.29) is 0 Å². The number of nitrogens with zero attached hydrogens (tertiary/aromatic N) is 6. The molecule has 2 fully saturated rings. The monoisotopic (exact) mass is 286 g/mol. The van der Waals surface area contributed by atoms with E-state index in [1.165, 1.54) is 32.2 Å². The second-order valence-electron chi connectivity index (χ2n) is 6.47. The van der Waals surface area contributed by atoms with Crippen LogP contribution in [0.15, 0.2) is 18.5 Å². The van der Waals surface area contributed by atoms with Gasteiger partial charge in [-0.25, -0.2) is 0 Å². The van der Waals surface area contributed by atoms with Crippen molar-refractivity contribution in [3.63, 3.8) is 0 Å². The molecule has 1 aliphatic heterocycles. The zero-order valence-electron chi connectivity index (χ0n) is 12.5. The normalized spacial score (nSPS) is 20.6. The Hall–Kier alpha value is -1.69. The molecule has 0 N–H and O–H groups in total. The first kappa shape index (κ1) is 13.0. The summed E-state index contributed by atoms with van der Waals surface area (Å²) in [5.74, 6) is 1.95. The molecule has 0 aromatic carbocycles. The van der Waals surface area contributed by atoms with Crippen LogP contribution in [0.1, 0.15) is 25.7 Å². The van der Waals surface area contributed by atoms with Crippen molar-refractivity contribution < 1.29 is 0 Å². The van der Waals surface area contributed by atoms with Crippen LogP contribution in [0.3, 0.4) is 0 Å². The first-order valence-corrected chi connectivity index (χ1v) is 7.92. The van der Waals surface area contributed by atoms with Gasteiger partial charge in [-0.1, -0.05) is 12.8 Å². The second kappa shape index (κ2) is 5.26. The van der Waals surface area contributed by atoms with Crippen molar-refractivity contribution in [2.75, 3.05) is 31.6 Å². The highest BCUT2D eigenvalue weighted by Gasteiger charge is 2.32. The first-order valence-electron chi connectivity index (χ1n) is 7.92. The minimum atomic E-state index is 0.670. The lowest BCUT2D eigenvalue weighted by Gasteiger charge is -2.45. The van der Waals surface area contributed by atoms with Crippen LogP contribution >= 0.6 is 0 Å². The van der Waals surface area contributed by atoms with Crippen LogP contribution in [0.5, 0.6) is 0 Å². The van der Waals surface area contributed by atoms with Gasteiger partial charge >= 0.3 is 0 Å². The average molecular weight is 286 g/mol. The Morgan fingerprint density at radius 3 is 2.86 bits per heavy atom. The van der Waals surface area contributed by atoms with E-state index >= 15 is 0 Å². The molecule has 0 bridgehead atoms. The molecule has 2 aromatic heterocycles. The van der Waals surface area contributed by atoms with E-state index < -0.39 is 0 Å². The van der Waals surface area contributed by atoms with Crippen LogP contribution in [0.25, 0.3) is 5.65 Å². The van der Waals surface area contributed by atoms with Gasteiger partial charge in [-0.15, -0.1) is 15.3 Å². The van der Waals surface area contributed by atoms with Crippen LogP contribution < -0.4 is 4.90 Å². The number of anilines is 1. The Labute approximate surface area is 124 Å². The molecule has 1 saturated carbocycles. The fraction of sp³-hybridized carbons (Fsp3) is 0.667. The maximum absolute atomic E-state index is 4.55. The number of fused-ring (bicyclic) bond motifs is 1. The van der Waals surface area contributed by atoms with E-state index in [1.807, 2.05) is 12.1 Å². The van der Waals surface area contributed by atoms with Gasteiger partial charge in [-0.2, -0.15) is 4.52 Å². The topological polar surface area (TPSA) is 49.6 Å². The van der Waals surface area contributed by atoms with Crippen molar-refractivity contribution in [3.8, 4) is 0 Å². The smallest absolute Gasteiger partial charge is 0.177 e. The second-order valence-corrected chi connectivity index (χ2v) is 6.47. The molecule has 0 radical (unpaired) electrons. The summed E-state index contributed by atoms with van der Waals surface area (Å²) in [4.78, 5) is 4.87. The van der Waals surface area contributed by atoms with Crippen LogP contribution in [-0.4, -0.2) is 57.4 Å². The fourth-order valence-corrected chi connectivity index (χ4v) is 3.56. The minimum absolute atomic E-state index is 0.670. The van der Waals surface area contributed by atoms with E-state index in [0.29, 0.717) is 6.04 Å². The van der Waals surface area contributed by atoms with Crippen molar-refractivity contribution in [1.29, 1.82) is 0 Å². The molecule has 1 aliphatic carbocycles. The highest BCUT2D eigenvalue weighted by atomic mass is 15.4. The molecule has 0 amide bonds. The van der Waals surface area contributed by atoms with Crippen molar-refractivity contribution in [2.24, 2.45) is 5.92 Å². The lowest BCUT2D eigenvalue weighted by atomic mass is 10.0. The Balaban J connectivity index is 1.35. The summed E-state index contributed by atoms with van der Waals surface area (Å²) in [5, 5.41) is 12.4. The zero-order valence-corrected chi connectivity index (χ0v) is 12.5. The Morgan fingerprint density at radius 1 is 1.24 bits per heavy atom. The van der Waals surface area contributed by atoms with Gasteiger partial charge in [0.15, 0.2) is 5.65 Å². The van der Waals surface area contributed by atoms with Crippen molar-refractivity contribution >= 4 is 11.5 Å². The van der Waals surface area contributed by atoms with Crippen LogP contribution in [0.2, 0.25) is 0 Å². The predicted molar refractivity (Wildman–Crippen MR) is 81.4 cm³/mol. The molecule has 0 spiro atoms. The standard InChI is InChI=1S/C15H22N6/c1-19(8-12-4-2-3-5-12)13-9-20(10-13)15-7-6-14-17-16-11-21(14)18-15/h6-7,11-13H,2-5,8-10H2,1H3. The van der Waals surface area contributed by atoms with Crippen molar-refractivity contribution in [3.05, 3.63) is 18.5 Å². The van der Waals surface area contributed by atoms with E-state index in [4.69, 9.17) is 0 Å². The van der Waals surface area contributed by atoms with Gasteiger partial charge < -0.3 is 4.90 Å². The van der Waals surface area contributed by atoms with E-state index in [9.17, 15) is 0 Å². The molecule has 21 heavy (non-hydrogen) atoms. The van der Waals surface area contributed by atoms with Crippen molar-refractivity contribution in [1.82, 2.24) is 24.7 Å². The molecular weight excluding hydrogens is 264 g/mol. The summed E-state index contributed by atoms with van der Waals surface area (Å²) in [6.45, 7) is 3.41. The summed E-state index contributed by atoms with van der Waals surface area (Å²) < 4.78 is 1.74. The number of hydrogen-bond acceptors (Lipinski definition) is 5. The maximum Gasteiger partial charge on any atom is 0.177 e. The minimum Gasteiger partial charge on any atom is -0.352 e. The quantitative estimate of drug-likeness (QED) is 0.851. The van der Waals surface area contributed by atoms with Crippen LogP contribution in [0.4, 0.5) is 5.82 Å². The van der Waals surface area contributed by atoms with Gasteiger partial charge in [0.05, 0.1) is 0 Å². The molecule has 6 heteroatoms. The maximum atomic E-state index is 4.55. The van der Waals surface area contributed by atoms with Gasteiger partial charge in [0.1, 0.15) is 12.1 Å². The molecule has 2 aromatic rings. The third-order valence-corrected chi connectivity index (χ3v) is 4.98. The number of rotatable bonds is 4. The SMILES string of the molecule is CN(CC1CCCC1)C1CN(c2ccc3nncn3n2)C1. The van der Waals surface area contributed by atoms with Crippen LogP contribution in [-0.2, 0) is 0 Å². The molecule has 0 unspecified atom stereocenters. The van der Waals surface area contributed by atoms with E-state index in [0.717, 1.165) is 30.5 Å². The molecule has 0 atom stereocenters. The highest BCUT2D eigenvalue weighted by Crippen LogP contribution is 2.27. The summed E-state index contributed by atoms with van der Waals surface area (Å²) in [5.41, 5.74) is 0.800. The number of aromatic nitrogens is 4. The molecular formula is C15H22N6. The summed E-state index contributed by atoms with van der Waals surface area (Å²) in [6.07, 6.45) is 7.36. The van der Waals surface area contributed by atoms with E-state index in [1.54, 1.807) is 10.8 Å². The average Bonchev–Trinajstić information content (AvgIpc) is 3.07. The van der Waals surface area contributed by atoms with Gasteiger partial charge in [0.2, 0.25) is 0 Å². The first-order chi connectivity index (χ1) is 10.3. The Bertz CT molecular complexity index is 611. The van der Waals surface area contributed by atoms with Gasteiger partial charge in [-0.05, 0) is 37.9 Å². The summed E-state index contributed by atoms with van der Waals surface area (Å²) >= 11 is 0. The molecule has 2 aliphatic rings. The third-order valence-electron chi connectivity index (χ3n) is 4.98. The predicted octanol–water partition coefficient (Wildman–Crippen LogP) is 1.43. The van der Waals surface area contributed by atoms with Gasteiger partial charge in [0.25, 0.3) is 0 Å². The molecule has 1 saturated heterocycles. The third kappa shape index (κ3) is 2.48. The van der Waals surface area contributed by atoms with Gasteiger partial charge in [0, 0.05) is 25.7 Å². The molecule has 112 valence electrons. The fourth-order valence-electron chi connectivity index (χ4n) is 3.56.